The number of carbonyl (C=O) groups is 1. The van der Waals surface area contributed by atoms with Gasteiger partial charge in [0.15, 0.2) is 4.32 Å². The maximum atomic E-state index is 13.1. The second-order valence-electron chi connectivity index (χ2n) is 6.34. The Morgan fingerprint density at radius 2 is 2.00 bits per heavy atom. The molecule has 3 nitrogen and oxygen atoms in total. The predicted molar refractivity (Wildman–Crippen MR) is 121 cm³/mol. The second-order valence-corrected chi connectivity index (χ2v) is 8.93. The van der Waals surface area contributed by atoms with Crippen molar-refractivity contribution >= 4 is 61.9 Å². The van der Waals surface area contributed by atoms with Crippen LogP contribution in [0.25, 0.3) is 6.08 Å². The third-order valence-corrected chi connectivity index (χ3v) is 5.90. The first kappa shape index (κ1) is 20.1. The van der Waals surface area contributed by atoms with Gasteiger partial charge in [0.1, 0.15) is 5.75 Å². The van der Waals surface area contributed by atoms with E-state index in [1.165, 1.54) is 11.8 Å². The van der Waals surface area contributed by atoms with E-state index in [-0.39, 0.29) is 5.91 Å². The molecule has 0 saturated carbocycles. The average molecular weight is 462 g/mol. The molecule has 1 aliphatic heterocycles. The zero-order valence-corrected chi connectivity index (χ0v) is 18.6. The summed E-state index contributed by atoms with van der Waals surface area (Å²) >= 11 is 10.3. The van der Waals surface area contributed by atoms with E-state index in [0.717, 1.165) is 39.0 Å². The third-order valence-electron chi connectivity index (χ3n) is 4.11. The first-order valence-electron chi connectivity index (χ1n) is 8.68. The summed E-state index contributed by atoms with van der Waals surface area (Å²) in [6.45, 7) is 6.72. The van der Waals surface area contributed by atoms with Crippen LogP contribution >= 0.6 is 39.9 Å². The number of benzene rings is 2. The van der Waals surface area contributed by atoms with Crippen molar-refractivity contribution in [2.24, 2.45) is 0 Å². The normalized spacial score (nSPS) is 15.7. The molecule has 3 rings (SSSR count). The van der Waals surface area contributed by atoms with Crippen molar-refractivity contribution in [1.29, 1.82) is 0 Å². The Bertz CT molecular complexity index is 940. The number of amides is 1. The number of thioether (sulfide) groups is 1. The van der Waals surface area contributed by atoms with Crippen molar-refractivity contribution in [1.82, 2.24) is 0 Å². The molecule has 0 N–H and O–H groups in total. The molecule has 2 aromatic carbocycles. The van der Waals surface area contributed by atoms with Crippen molar-refractivity contribution in [2.45, 2.75) is 27.2 Å². The van der Waals surface area contributed by atoms with E-state index < -0.39 is 0 Å². The lowest BCUT2D eigenvalue weighted by Crippen LogP contribution is -2.28. The van der Waals surface area contributed by atoms with E-state index >= 15 is 0 Å². The average Bonchev–Trinajstić information content (AvgIpc) is 2.88. The van der Waals surface area contributed by atoms with Gasteiger partial charge in [-0.25, -0.2) is 0 Å². The number of carbonyl (C=O) groups excluding carboxylic acids is 1. The minimum absolute atomic E-state index is 0.0987. The molecule has 27 heavy (non-hydrogen) atoms. The molecule has 0 atom stereocenters. The highest BCUT2D eigenvalue weighted by Gasteiger charge is 2.34. The molecule has 1 fully saturated rings. The number of nitrogens with zero attached hydrogens (tertiary/aromatic N) is 1. The smallest absolute Gasteiger partial charge is 0.270 e. The summed E-state index contributed by atoms with van der Waals surface area (Å²) in [5, 5.41) is 0. The highest BCUT2D eigenvalue weighted by atomic mass is 79.9. The first-order valence-corrected chi connectivity index (χ1v) is 10.7. The summed E-state index contributed by atoms with van der Waals surface area (Å²) in [5.74, 6) is 0.662. The molecule has 6 heteroatoms. The van der Waals surface area contributed by atoms with Gasteiger partial charge in [-0.1, -0.05) is 64.5 Å². The van der Waals surface area contributed by atoms with Crippen LogP contribution in [0, 0.1) is 13.8 Å². The molecular weight excluding hydrogens is 442 g/mol. The highest BCUT2D eigenvalue weighted by Crippen LogP contribution is 2.38. The molecular formula is C21H20BrNO2S2. The molecule has 2 aromatic rings. The Hall–Kier alpha value is -1.63. The second kappa shape index (κ2) is 8.59. The summed E-state index contributed by atoms with van der Waals surface area (Å²) in [7, 11) is 0. The summed E-state index contributed by atoms with van der Waals surface area (Å²) in [4.78, 5) is 15.3. The Kier molecular flexibility index (Phi) is 6.40. The van der Waals surface area contributed by atoms with Crippen LogP contribution < -0.4 is 9.64 Å². The fourth-order valence-electron chi connectivity index (χ4n) is 2.85. The van der Waals surface area contributed by atoms with Crippen molar-refractivity contribution in [3.8, 4) is 5.75 Å². The lowest BCUT2D eigenvalue weighted by molar-refractivity contribution is -0.113. The Morgan fingerprint density at radius 3 is 2.70 bits per heavy atom. The predicted octanol–water partition coefficient (Wildman–Crippen LogP) is 6.26. The minimum Gasteiger partial charge on any atom is -0.493 e. The minimum atomic E-state index is -0.0987. The summed E-state index contributed by atoms with van der Waals surface area (Å²) in [6, 6.07) is 11.8. The molecule has 0 unspecified atom stereocenters. The van der Waals surface area contributed by atoms with E-state index in [4.69, 9.17) is 17.0 Å². The largest absolute Gasteiger partial charge is 0.493 e. The molecule has 140 valence electrons. The van der Waals surface area contributed by atoms with Gasteiger partial charge < -0.3 is 4.74 Å². The van der Waals surface area contributed by atoms with Gasteiger partial charge in [0.2, 0.25) is 0 Å². The van der Waals surface area contributed by atoms with Gasteiger partial charge in [-0.2, -0.15) is 0 Å². The summed E-state index contributed by atoms with van der Waals surface area (Å²) < 4.78 is 7.30. The molecule has 1 heterocycles. The molecule has 1 amide bonds. The number of hydrogen-bond donors (Lipinski definition) is 0. The quantitative estimate of drug-likeness (QED) is 0.388. The van der Waals surface area contributed by atoms with Crippen LogP contribution in [-0.2, 0) is 4.79 Å². The SMILES string of the molecule is CCCOc1ccc(Br)cc1/C=C1\SC(=S)N(c2ccc(C)cc2C)C1=O. The van der Waals surface area contributed by atoms with E-state index in [0.29, 0.717) is 15.8 Å². The number of aryl methyl sites for hydroxylation is 2. The fraction of sp³-hybridized carbons (Fsp3) is 0.238. The number of rotatable bonds is 5. The Labute approximate surface area is 177 Å². The van der Waals surface area contributed by atoms with Crippen LogP contribution in [-0.4, -0.2) is 16.8 Å². The van der Waals surface area contributed by atoms with Crippen molar-refractivity contribution in [3.63, 3.8) is 0 Å². The fourth-order valence-corrected chi connectivity index (χ4v) is 4.50. The van der Waals surface area contributed by atoms with Gasteiger partial charge in [0, 0.05) is 10.0 Å². The van der Waals surface area contributed by atoms with Crippen LogP contribution in [0.5, 0.6) is 5.75 Å². The van der Waals surface area contributed by atoms with Gasteiger partial charge in [0.05, 0.1) is 17.2 Å². The van der Waals surface area contributed by atoms with E-state index in [1.807, 2.05) is 50.3 Å². The zero-order chi connectivity index (χ0) is 19.6. The number of ether oxygens (including phenoxy) is 1. The molecule has 0 bridgehead atoms. The molecule has 1 aliphatic rings. The van der Waals surface area contributed by atoms with Gasteiger partial charge >= 0.3 is 0 Å². The third kappa shape index (κ3) is 4.45. The number of hydrogen-bond acceptors (Lipinski definition) is 4. The molecule has 0 aromatic heterocycles. The maximum absolute atomic E-state index is 13.1. The van der Waals surface area contributed by atoms with Gasteiger partial charge in [-0.05, 0) is 56.2 Å². The van der Waals surface area contributed by atoms with E-state index in [1.54, 1.807) is 4.90 Å². The maximum Gasteiger partial charge on any atom is 0.270 e. The van der Waals surface area contributed by atoms with Crippen molar-refractivity contribution in [3.05, 3.63) is 62.5 Å². The Morgan fingerprint density at radius 1 is 1.22 bits per heavy atom. The van der Waals surface area contributed by atoms with Crippen LogP contribution in [0.3, 0.4) is 0 Å². The van der Waals surface area contributed by atoms with Crippen molar-refractivity contribution in [2.75, 3.05) is 11.5 Å². The molecule has 1 saturated heterocycles. The molecule has 0 spiro atoms. The van der Waals surface area contributed by atoms with E-state index in [2.05, 4.69) is 28.9 Å². The van der Waals surface area contributed by atoms with Crippen LogP contribution in [0.4, 0.5) is 5.69 Å². The molecule has 0 radical (unpaired) electrons. The van der Waals surface area contributed by atoms with Crippen molar-refractivity contribution < 1.29 is 9.53 Å². The lowest BCUT2D eigenvalue weighted by atomic mass is 10.1. The molecule has 0 aliphatic carbocycles. The van der Waals surface area contributed by atoms with Crippen LogP contribution in [0.2, 0.25) is 0 Å². The van der Waals surface area contributed by atoms with Gasteiger partial charge in [0.25, 0.3) is 5.91 Å². The lowest BCUT2D eigenvalue weighted by Gasteiger charge is -2.17. The first-order chi connectivity index (χ1) is 12.9. The van der Waals surface area contributed by atoms with Gasteiger partial charge in [-0.15, -0.1) is 0 Å². The van der Waals surface area contributed by atoms with E-state index in [9.17, 15) is 4.79 Å². The standard InChI is InChI=1S/C21H20BrNO2S2/c1-4-9-25-18-8-6-16(22)11-15(18)12-19-20(24)23(21(26)27-19)17-7-5-13(2)10-14(17)3/h5-8,10-12H,4,9H2,1-3H3/b19-12-. The summed E-state index contributed by atoms with van der Waals surface area (Å²) in [6.07, 6.45) is 2.78. The summed E-state index contributed by atoms with van der Waals surface area (Å²) in [5.41, 5.74) is 3.88. The number of halogens is 1. The van der Waals surface area contributed by atoms with Gasteiger partial charge in [-0.3, -0.25) is 9.69 Å². The number of anilines is 1. The topological polar surface area (TPSA) is 29.5 Å². The zero-order valence-electron chi connectivity index (χ0n) is 15.4. The monoisotopic (exact) mass is 461 g/mol. The Balaban J connectivity index is 1.96. The van der Waals surface area contributed by atoms with Crippen LogP contribution in [0.1, 0.15) is 30.0 Å². The number of thiocarbonyl (C=S) groups is 1. The highest BCUT2D eigenvalue weighted by molar-refractivity contribution is 9.10. The van der Waals surface area contributed by atoms with Crippen LogP contribution in [0.15, 0.2) is 45.8 Å².